The molecule has 0 spiro atoms. The first kappa shape index (κ1) is 21.2. The summed E-state index contributed by atoms with van der Waals surface area (Å²) in [4.78, 5) is 0. The van der Waals surface area contributed by atoms with Crippen LogP contribution in [0.15, 0.2) is 24.5 Å². The Morgan fingerprint density at radius 3 is 2.17 bits per heavy atom. The topological polar surface area (TPSA) is 3.88 Å². The molecule has 24 heavy (non-hydrogen) atoms. The van der Waals surface area contributed by atoms with Gasteiger partial charge in [-0.25, -0.2) is 4.57 Å². The van der Waals surface area contributed by atoms with Gasteiger partial charge in [0.1, 0.15) is 6.54 Å². The predicted molar refractivity (Wildman–Crippen MR) is 106 cm³/mol. The second kappa shape index (κ2) is 14.5. The standard InChI is InChI=1S/C23H42N/c1-4-7-8-9-10-11-12-13-16-22(5-2)17-14-19-24-20-15-18-23(6-3)21-24/h15,18,20-22H,4-14,16-17,19H2,1-3H3/q+1. The molecule has 0 fully saturated rings. The van der Waals surface area contributed by atoms with Crippen molar-refractivity contribution in [1.82, 2.24) is 0 Å². The zero-order chi connectivity index (χ0) is 17.5. The third-order valence-electron chi connectivity index (χ3n) is 5.40. The Kier molecular flexibility index (Phi) is 12.8. The maximum Gasteiger partial charge on any atom is 0.171 e. The molecule has 0 saturated carbocycles. The van der Waals surface area contributed by atoms with Crippen molar-refractivity contribution in [2.45, 2.75) is 111 Å². The van der Waals surface area contributed by atoms with Gasteiger partial charge in [-0.15, -0.1) is 0 Å². The molecule has 0 aromatic carbocycles. The summed E-state index contributed by atoms with van der Waals surface area (Å²) in [6.07, 6.45) is 22.7. The highest BCUT2D eigenvalue weighted by Crippen LogP contribution is 2.20. The largest absolute Gasteiger partial charge is 0.205 e. The van der Waals surface area contributed by atoms with Gasteiger partial charge in [0.05, 0.1) is 0 Å². The van der Waals surface area contributed by atoms with Gasteiger partial charge in [0, 0.05) is 18.1 Å². The molecule has 1 heteroatoms. The van der Waals surface area contributed by atoms with E-state index in [0.717, 1.165) is 12.3 Å². The lowest BCUT2D eigenvalue weighted by atomic mass is 9.93. The van der Waals surface area contributed by atoms with Crippen LogP contribution in [0.1, 0.15) is 103 Å². The van der Waals surface area contributed by atoms with Crippen LogP contribution < -0.4 is 4.57 Å². The molecule has 0 aliphatic heterocycles. The quantitative estimate of drug-likeness (QED) is 0.243. The summed E-state index contributed by atoms with van der Waals surface area (Å²) in [5.41, 5.74) is 1.45. The molecule has 0 N–H and O–H groups in total. The number of hydrogen-bond donors (Lipinski definition) is 0. The van der Waals surface area contributed by atoms with Crippen LogP contribution in [0, 0.1) is 5.92 Å². The number of hydrogen-bond acceptors (Lipinski definition) is 0. The lowest BCUT2D eigenvalue weighted by Crippen LogP contribution is -2.33. The smallest absolute Gasteiger partial charge is 0.171 e. The van der Waals surface area contributed by atoms with E-state index in [4.69, 9.17) is 0 Å². The molecule has 138 valence electrons. The Labute approximate surface area is 151 Å². The minimum Gasteiger partial charge on any atom is -0.205 e. The summed E-state index contributed by atoms with van der Waals surface area (Å²) >= 11 is 0. The molecule has 1 nitrogen and oxygen atoms in total. The third kappa shape index (κ3) is 10.1. The molecule has 0 saturated heterocycles. The number of rotatable bonds is 15. The summed E-state index contributed by atoms with van der Waals surface area (Å²) in [5, 5.41) is 0. The molecule has 1 unspecified atom stereocenters. The van der Waals surface area contributed by atoms with Crippen molar-refractivity contribution in [3.8, 4) is 0 Å². The average molecular weight is 333 g/mol. The van der Waals surface area contributed by atoms with E-state index in [1.54, 1.807) is 0 Å². The van der Waals surface area contributed by atoms with Crippen LogP contribution in [0.5, 0.6) is 0 Å². The Hall–Kier alpha value is -0.850. The van der Waals surface area contributed by atoms with Crippen molar-refractivity contribution in [2.24, 2.45) is 5.92 Å². The van der Waals surface area contributed by atoms with Crippen LogP contribution in [-0.4, -0.2) is 0 Å². The van der Waals surface area contributed by atoms with E-state index in [0.29, 0.717) is 0 Å². The molecule has 1 heterocycles. The Balaban J connectivity index is 2.07. The zero-order valence-electron chi connectivity index (χ0n) is 16.7. The summed E-state index contributed by atoms with van der Waals surface area (Å²) in [6, 6.07) is 4.42. The molecule has 0 radical (unpaired) electrons. The molecule has 0 amide bonds. The average Bonchev–Trinajstić information content (AvgIpc) is 2.62. The van der Waals surface area contributed by atoms with Crippen LogP contribution in [0.4, 0.5) is 0 Å². The molecule has 1 atom stereocenters. The van der Waals surface area contributed by atoms with E-state index in [2.05, 4.69) is 49.9 Å². The zero-order valence-corrected chi connectivity index (χ0v) is 16.7. The van der Waals surface area contributed by atoms with E-state index >= 15 is 0 Å². The second-order valence-electron chi connectivity index (χ2n) is 7.48. The van der Waals surface area contributed by atoms with Gasteiger partial charge in [0.15, 0.2) is 12.4 Å². The van der Waals surface area contributed by atoms with Crippen LogP contribution in [0.3, 0.4) is 0 Å². The monoisotopic (exact) mass is 332 g/mol. The number of aromatic nitrogens is 1. The van der Waals surface area contributed by atoms with Crippen LogP contribution >= 0.6 is 0 Å². The van der Waals surface area contributed by atoms with Crippen molar-refractivity contribution in [1.29, 1.82) is 0 Å². The van der Waals surface area contributed by atoms with Gasteiger partial charge in [0.2, 0.25) is 0 Å². The fraction of sp³-hybridized carbons (Fsp3) is 0.783. The molecule has 0 aliphatic carbocycles. The van der Waals surface area contributed by atoms with E-state index < -0.39 is 0 Å². The van der Waals surface area contributed by atoms with Crippen LogP contribution in [-0.2, 0) is 13.0 Å². The van der Waals surface area contributed by atoms with E-state index in [9.17, 15) is 0 Å². The van der Waals surface area contributed by atoms with E-state index in [-0.39, 0.29) is 0 Å². The minimum atomic E-state index is 0.944. The predicted octanol–water partition coefficient (Wildman–Crippen LogP) is 6.87. The van der Waals surface area contributed by atoms with Crippen molar-refractivity contribution in [3.05, 3.63) is 30.1 Å². The Morgan fingerprint density at radius 2 is 1.50 bits per heavy atom. The first-order valence-electron chi connectivity index (χ1n) is 10.8. The van der Waals surface area contributed by atoms with Crippen molar-refractivity contribution in [3.63, 3.8) is 0 Å². The number of pyridine rings is 1. The lowest BCUT2D eigenvalue weighted by Gasteiger charge is -2.13. The molecule has 0 aliphatic rings. The van der Waals surface area contributed by atoms with Gasteiger partial charge in [-0.3, -0.25) is 0 Å². The molecule has 0 bridgehead atoms. The summed E-state index contributed by atoms with van der Waals surface area (Å²) in [6.45, 7) is 8.09. The van der Waals surface area contributed by atoms with Crippen LogP contribution in [0.25, 0.3) is 0 Å². The van der Waals surface area contributed by atoms with Gasteiger partial charge >= 0.3 is 0 Å². The lowest BCUT2D eigenvalue weighted by molar-refractivity contribution is -0.697. The fourth-order valence-electron chi connectivity index (χ4n) is 3.61. The maximum atomic E-state index is 2.38. The van der Waals surface area contributed by atoms with Gasteiger partial charge in [-0.1, -0.05) is 85.0 Å². The molecule has 1 aromatic heterocycles. The van der Waals surface area contributed by atoms with Gasteiger partial charge < -0.3 is 0 Å². The second-order valence-corrected chi connectivity index (χ2v) is 7.48. The Bertz CT molecular complexity index is 399. The van der Waals surface area contributed by atoms with E-state index in [1.165, 1.54) is 89.2 Å². The number of nitrogens with zero attached hydrogens (tertiary/aromatic N) is 1. The number of unbranched alkanes of at least 4 members (excludes halogenated alkanes) is 7. The first-order chi connectivity index (χ1) is 11.8. The highest BCUT2D eigenvalue weighted by Gasteiger charge is 2.08. The first-order valence-corrected chi connectivity index (χ1v) is 10.8. The Morgan fingerprint density at radius 1 is 0.833 bits per heavy atom. The molecular weight excluding hydrogens is 290 g/mol. The SMILES string of the molecule is CCCCCCCCCCC(CC)CCC[n+]1cccc(CC)c1. The maximum absolute atomic E-state index is 2.38. The van der Waals surface area contributed by atoms with Crippen molar-refractivity contribution in [2.75, 3.05) is 0 Å². The normalized spacial score (nSPS) is 12.5. The fourth-order valence-corrected chi connectivity index (χ4v) is 3.61. The highest BCUT2D eigenvalue weighted by molar-refractivity contribution is 5.04. The van der Waals surface area contributed by atoms with Gasteiger partial charge in [-0.05, 0) is 24.8 Å². The third-order valence-corrected chi connectivity index (χ3v) is 5.40. The van der Waals surface area contributed by atoms with Crippen LogP contribution in [0.2, 0.25) is 0 Å². The highest BCUT2D eigenvalue weighted by atomic mass is 14.9. The van der Waals surface area contributed by atoms with E-state index in [1.807, 2.05) is 0 Å². The summed E-state index contributed by atoms with van der Waals surface area (Å²) in [5.74, 6) is 0.944. The minimum absolute atomic E-state index is 0.944. The molecule has 1 rings (SSSR count). The molecular formula is C23H42N+. The van der Waals surface area contributed by atoms with Gasteiger partial charge in [-0.2, -0.15) is 0 Å². The number of aryl methyl sites for hydroxylation is 2. The molecule has 1 aromatic rings. The summed E-state index contributed by atoms with van der Waals surface area (Å²) in [7, 11) is 0. The van der Waals surface area contributed by atoms with Gasteiger partial charge in [0.25, 0.3) is 0 Å². The summed E-state index contributed by atoms with van der Waals surface area (Å²) < 4.78 is 2.38. The van der Waals surface area contributed by atoms with Crippen molar-refractivity contribution >= 4 is 0 Å². The van der Waals surface area contributed by atoms with Crippen molar-refractivity contribution < 1.29 is 4.57 Å².